The number of carbonyl (C=O) groups excluding carboxylic acids is 1. The number of thiazole rings is 2. The Hall–Kier alpha value is -2.87. The molecule has 0 bridgehead atoms. The Morgan fingerprint density at radius 2 is 2.03 bits per heavy atom. The second-order valence-electron chi connectivity index (χ2n) is 6.27. The molecule has 1 aromatic carbocycles. The van der Waals surface area contributed by atoms with Crippen LogP contribution < -0.4 is 0 Å². The quantitative estimate of drug-likeness (QED) is 0.364. The van der Waals surface area contributed by atoms with Crippen molar-refractivity contribution in [3.63, 3.8) is 0 Å². The molecule has 4 aromatic rings. The predicted octanol–water partition coefficient (Wildman–Crippen LogP) is 4.90. The monoisotopic (exact) mass is 453 g/mol. The van der Waals surface area contributed by atoms with Gasteiger partial charge in [0.25, 0.3) is 11.1 Å². The highest BCUT2D eigenvalue weighted by atomic mass is 32.2. The topological polar surface area (TPSA) is 106 Å². The van der Waals surface area contributed by atoms with Gasteiger partial charge in [-0.1, -0.05) is 42.1 Å². The summed E-state index contributed by atoms with van der Waals surface area (Å²) in [5, 5.41) is 21.1. The molecule has 150 valence electrons. The third-order valence-electron chi connectivity index (χ3n) is 4.13. The number of aromatic nitrogens is 4. The Morgan fingerprint density at radius 1 is 1.23 bits per heavy atom. The fourth-order valence-corrected chi connectivity index (χ4v) is 5.13. The zero-order valence-electron chi connectivity index (χ0n) is 16.0. The maximum atomic E-state index is 12.7. The molecular formula is C20H15N5O2S3. The Balaban J connectivity index is 1.43. The molecule has 4 rings (SSSR count). The molecule has 10 heteroatoms. The van der Waals surface area contributed by atoms with Gasteiger partial charge in [-0.2, -0.15) is 5.26 Å². The highest BCUT2D eigenvalue weighted by Gasteiger charge is 2.25. The lowest BCUT2D eigenvalue weighted by Gasteiger charge is -2.03. The second kappa shape index (κ2) is 8.87. The SMILES string of the molecule is Cc1nc(C)c(-c2nnc(SCC(=O)C(C#N)c3nc(-c4ccccc4)cs3)o2)s1. The molecule has 0 aliphatic carbocycles. The van der Waals surface area contributed by atoms with Crippen molar-refractivity contribution in [1.29, 1.82) is 5.26 Å². The van der Waals surface area contributed by atoms with Gasteiger partial charge in [-0.05, 0) is 13.8 Å². The van der Waals surface area contributed by atoms with Crippen molar-refractivity contribution in [2.75, 3.05) is 5.75 Å². The van der Waals surface area contributed by atoms with Gasteiger partial charge >= 0.3 is 0 Å². The number of aryl methyl sites for hydroxylation is 2. The van der Waals surface area contributed by atoms with Gasteiger partial charge in [0.1, 0.15) is 9.88 Å². The third-order valence-corrected chi connectivity index (χ3v) is 6.94. The van der Waals surface area contributed by atoms with Crippen molar-refractivity contribution >= 4 is 40.2 Å². The minimum atomic E-state index is -0.922. The fourth-order valence-electron chi connectivity index (χ4n) is 2.73. The molecule has 1 unspecified atom stereocenters. The summed E-state index contributed by atoms with van der Waals surface area (Å²) in [6.07, 6.45) is 0. The van der Waals surface area contributed by atoms with Crippen LogP contribution in [0.15, 0.2) is 45.4 Å². The Bertz CT molecular complexity index is 1220. The van der Waals surface area contributed by atoms with E-state index >= 15 is 0 Å². The summed E-state index contributed by atoms with van der Waals surface area (Å²) >= 11 is 3.91. The minimum Gasteiger partial charge on any atom is -0.410 e. The van der Waals surface area contributed by atoms with Crippen molar-refractivity contribution in [3.8, 4) is 28.1 Å². The van der Waals surface area contributed by atoms with Gasteiger partial charge in [-0.15, -0.1) is 32.9 Å². The van der Waals surface area contributed by atoms with Crippen LogP contribution in [-0.2, 0) is 4.79 Å². The summed E-state index contributed by atoms with van der Waals surface area (Å²) in [6, 6.07) is 11.7. The van der Waals surface area contributed by atoms with E-state index in [1.165, 1.54) is 22.7 Å². The molecule has 0 N–H and O–H groups in total. The maximum absolute atomic E-state index is 12.7. The molecule has 0 saturated heterocycles. The van der Waals surface area contributed by atoms with E-state index in [0.717, 1.165) is 38.6 Å². The lowest BCUT2D eigenvalue weighted by molar-refractivity contribution is -0.116. The number of carbonyl (C=O) groups is 1. The van der Waals surface area contributed by atoms with Gasteiger partial charge in [-0.3, -0.25) is 4.79 Å². The standard InChI is InChI=1S/C20H15N5O2S3/c1-11-17(30-12(2)22-11)18-24-25-20(27-18)29-10-16(26)14(8-21)19-23-15(9-28-19)13-6-4-3-5-7-13/h3-7,9,14H,10H2,1-2H3. The lowest BCUT2D eigenvalue weighted by atomic mass is 10.1. The number of rotatable bonds is 7. The summed E-state index contributed by atoms with van der Waals surface area (Å²) in [6.45, 7) is 3.80. The Kier molecular flexibility index (Phi) is 6.03. The lowest BCUT2D eigenvalue weighted by Crippen LogP contribution is -2.13. The molecule has 0 spiro atoms. The molecule has 0 radical (unpaired) electrons. The van der Waals surface area contributed by atoms with E-state index in [-0.39, 0.29) is 16.8 Å². The van der Waals surface area contributed by atoms with Crippen LogP contribution in [0.5, 0.6) is 0 Å². The molecule has 30 heavy (non-hydrogen) atoms. The van der Waals surface area contributed by atoms with E-state index in [9.17, 15) is 10.1 Å². The summed E-state index contributed by atoms with van der Waals surface area (Å²) < 4.78 is 5.66. The van der Waals surface area contributed by atoms with Crippen LogP contribution in [0.2, 0.25) is 0 Å². The normalized spacial score (nSPS) is 11.9. The zero-order chi connectivity index (χ0) is 21.1. The van der Waals surface area contributed by atoms with Gasteiger partial charge in [0.15, 0.2) is 11.7 Å². The molecule has 3 aromatic heterocycles. The third kappa shape index (κ3) is 4.33. The zero-order valence-corrected chi connectivity index (χ0v) is 18.5. The van der Waals surface area contributed by atoms with Crippen molar-refractivity contribution in [3.05, 3.63) is 51.4 Å². The molecule has 0 amide bonds. The Labute approximate surface area is 184 Å². The molecule has 1 atom stereocenters. The van der Waals surface area contributed by atoms with Crippen LogP contribution in [0.25, 0.3) is 22.0 Å². The number of ketones is 1. The number of benzene rings is 1. The van der Waals surface area contributed by atoms with E-state index in [2.05, 4.69) is 26.2 Å². The van der Waals surface area contributed by atoms with E-state index < -0.39 is 5.92 Å². The summed E-state index contributed by atoms with van der Waals surface area (Å²) in [4.78, 5) is 22.3. The van der Waals surface area contributed by atoms with Crippen LogP contribution in [0, 0.1) is 25.2 Å². The smallest absolute Gasteiger partial charge is 0.277 e. The average molecular weight is 454 g/mol. The summed E-state index contributed by atoms with van der Waals surface area (Å²) in [7, 11) is 0. The maximum Gasteiger partial charge on any atom is 0.277 e. The van der Waals surface area contributed by atoms with Crippen molar-refractivity contribution in [1.82, 2.24) is 20.2 Å². The first-order chi connectivity index (χ1) is 14.5. The number of thioether (sulfide) groups is 1. The first-order valence-electron chi connectivity index (χ1n) is 8.89. The van der Waals surface area contributed by atoms with Gasteiger partial charge in [0.05, 0.1) is 28.2 Å². The Morgan fingerprint density at radius 3 is 2.73 bits per heavy atom. The van der Waals surface area contributed by atoms with Crippen LogP contribution in [-0.4, -0.2) is 31.7 Å². The largest absolute Gasteiger partial charge is 0.410 e. The number of hydrogen-bond acceptors (Lipinski definition) is 10. The van der Waals surface area contributed by atoms with E-state index in [0.29, 0.717) is 10.9 Å². The molecule has 3 heterocycles. The molecule has 0 aliphatic rings. The first kappa shape index (κ1) is 20.4. The van der Waals surface area contributed by atoms with Gasteiger partial charge < -0.3 is 4.42 Å². The highest BCUT2D eigenvalue weighted by Crippen LogP contribution is 2.32. The number of hydrogen-bond donors (Lipinski definition) is 0. The fraction of sp³-hybridized carbons (Fsp3) is 0.200. The average Bonchev–Trinajstić information content (AvgIpc) is 3.48. The molecule has 0 aliphatic heterocycles. The van der Waals surface area contributed by atoms with E-state index in [1.807, 2.05) is 49.6 Å². The van der Waals surface area contributed by atoms with Crippen LogP contribution >= 0.6 is 34.4 Å². The number of Topliss-reactive ketones (excluding diaryl/α,β-unsaturated/α-hetero) is 1. The summed E-state index contributed by atoms with van der Waals surface area (Å²) in [5.41, 5.74) is 2.54. The van der Waals surface area contributed by atoms with Gasteiger partial charge in [0.2, 0.25) is 0 Å². The molecule has 0 saturated carbocycles. The molecule has 0 fully saturated rings. The van der Waals surface area contributed by atoms with Gasteiger partial charge in [0, 0.05) is 10.9 Å². The van der Waals surface area contributed by atoms with Crippen LogP contribution in [0.3, 0.4) is 0 Å². The molecular weight excluding hydrogens is 438 g/mol. The first-order valence-corrected chi connectivity index (χ1v) is 11.6. The van der Waals surface area contributed by atoms with Crippen LogP contribution in [0.1, 0.15) is 21.6 Å². The predicted molar refractivity (Wildman–Crippen MR) is 117 cm³/mol. The number of nitrogens with zero attached hydrogens (tertiary/aromatic N) is 5. The highest BCUT2D eigenvalue weighted by molar-refractivity contribution is 7.99. The van der Waals surface area contributed by atoms with E-state index in [4.69, 9.17) is 4.42 Å². The van der Waals surface area contributed by atoms with E-state index in [1.54, 1.807) is 0 Å². The van der Waals surface area contributed by atoms with Crippen molar-refractivity contribution < 1.29 is 9.21 Å². The van der Waals surface area contributed by atoms with Crippen LogP contribution in [0.4, 0.5) is 0 Å². The summed E-state index contributed by atoms with van der Waals surface area (Å²) in [5.74, 6) is -0.743. The molecule has 7 nitrogen and oxygen atoms in total. The number of nitriles is 1. The van der Waals surface area contributed by atoms with Gasteiger partial charge in [-0.25, -0.2) is 9.97 Å². The second-order valence-corrected chi connectivity index (χ2v) is 9.29. The minimum absolute atomic E-state index is 0.0425. The van der Waals surface area contributed by atoms with Crippen molar-refractivity contribution in [2.24, 2.45) is 0 Å². The van der Waals surface area contributed by atoms with Crippen molar-refractivity contribution in [2.45, 2.75) is 25.0 Å².